The van der Waals surface area contributed by atoms with Gasteiger partial charge in [-0.15, -0.1) is 0 Å². The quantitative estimate of drug-likeness (QED) is 0.193. The average molecular weight is 641 g/mol. The zero-order valence-corrected chi connectivity index (χ0v) is 27.8. The Morgan fingerprint density at radius 3 is 1.64 bits per heavy atom. The van der Waals surface area contributed by atoms with Gasteiger partial charge in [-0.25, -0.2) is 9.97 Å². The van der Waals surface area contributed by atoms with Crippen LogP contribution >= 0.6 is 0 Å². The number of hydrogen-bond acceptors (Lipinski definition) is 3. The zero-order chi connectivity index (χ0) is 33.4. The molecule has 1 aliphatic heterocycles. The molecule has 2 heterocycles. The minimum Gasteiger partial charge on any atom is -0.456 e. The molecule has 7 aromatic carbocycles. The van der Waals surface area contributed by atoms with Gasteiger partial charge in [0.1, 0.15) is 11.5 Å². The lowest BCUT2D eigenvalue weighted by Crippen LogP contribution is -2.32. The molecule has 1 aromatic heterocycles. The van der Waals surface area contributed by atoms with Crippen LogP contribution in [0.1, 0.15) is 33.4 Å². The third-order valence-corrected chi connectivity index (χ3v) is 10.5. The first-order chi connectivity index (χ1) is 24.6. The van der Waals surface area contributed by atoms with Crippen LogP contribution in [-0.2, 0) is 5.41 Å². The van der Waals surface area contributed by atoms with Crippen molar-refractivity contribution in [3.63, 3.8) is 0 Å². The number of aryl methyl sites for hydroxylation is 2. The summed E-state index contributed by atoms with van der Waals surface area (Å²) in [5, 5.41) is 2.25. The molecule has 0 atom stereocenters. The van der Waals surface area contributed by atoms with E-state index < -0.39 is 5.41 Å². The van der Waals surface area contributed by atoms with Crippen molar-refractivity contribution in [2.24, 2.45) is 0 Å². The highest BCUT2D eigenvalue weighted by atomic mass is 16.5. The molecule has 2 aliphatic rings. The number of benzene rings is 7. The van der Waals surface area contributed by atoms with Gasteiger partial charge in [-0.3, -0.25) is 0 Å². The average Bonchev–Trinajstić information content (AvgIpc) is 3.46. The zero-order valence-electron chi connectivity index (χ0n) is 27.8. The lowest BCUT2D eigenvalue weighted by molar-refractivity contribution is 0.442. The van der Waals surface area contributed by atoms with Gasteiger partial charge in [-0.2, -0.15) is 0 Å². The molecule has 0 saturated carbocycles. The second-order valence-electron chi connectivity index (χ2n) is 13.5. The van der Waals surface area contributed by atoms with Crippen LogP contribution in [0.15, 0.2) is 158 Å². The third kappa shape index (κ3) is 4.17. The molecule has 0 amide bonds. The van der Waals surface area contributed by atoms with Gasteiger partial charge in [0.25, 0.3) is 0 Å². The van der Waals surface area contributed by atoms with Crippen LogP contribution in [0.5, 0.6) is 11.5 Å². The maximum absolute atomic E-state index is 7.07. The summed E-state index contributed by atoms with van der Waals surface area (Å²) in [6.07, 6.45) is 0. The Morgan fingerprint density at radius 1 is 0.460 bits per heavy atom. The van der Waals surface area contributed by atoms with Gasteiger partial charge in [0.05, 0.1) is 16.8 Å². The molecule has 3 nitrogen and oxygen atoms in total. The summed E-state index contributed by atoms with van der Waals surface area (Å²) in [5.74, 6) is 2.38. The molecule has 0 bridgehead atoms. The maximum atomic E-state index is 7.07. The summed E-state index contributed by atoms with van der Waals surface area (Å²) in [4.78, 5) is 10.4. The summed E-state index contributed by atoms with van der Waals surface area (Å²) in [7, 11) is 0. The first kappa shape index (κ1) is 28.7. The molecule has 1 spiro atoms. The minimum absolute atomic E-state index is 0.545. The standard InChI is InChI=1S/C47H32N2O/c1-29-15-19-32(20-16-29)42-28-43(33-21-17-30(2)18-22-33)49-46(48-42)34-24-25-40-44(27-34)50-45-35-10-4-3-9-31(35)23-26-41(45)47(40)38-13-7-5-11-36(38)37-12-6-8-14-39(37)47/h3-28H,1-2H3. The Morgan fingerprint density at radius 2 is 1.00 bits per heavy atom. The fourth-order valence-corrected chi connectivity index (χ4v) is 8.10. The summed E-state index contributed by atoms with van der Waals surface area (Å²) < 4.78 is 7.07. The molecule has 8 aromatic rings. The van der Waals surface area contributed by atoms with E-state index in [0.717, 1.165) is 61.5 Å². The van der Waals surface area contributed by atoms with Gasteiger partial charge in [0.2, 0.25) is 0 Å². The van der Waals surface area contributed by atoms with Gasteiger partial charge >= 0.3 is 0 Å². The molecule has 0 saturated heterocycles. The third-order valence-electron chi connectivity index (χ3n) is 10.5. The first-order valence-corrected chi connectivity index (χ1v) is 17.2. The summed E-state index contributed by atoms with van der Waals surface area (Å²) in [5.41, 5.74) is 14.0. The van der Waals surface area contributed by atoms with Crippen molar-refractivity contribution < 1.29 is 4.74 Å². The molecule has 50 heavy (non-hydrogen) atoms. The predicted octanol–water partition coefficient (Wildman–Crippen LogP) is 11.7. The molecular formula is C47H32N2O. The second kappa shape index (κ2) is 10.8. The smallest absolute Gasteiger partial charge is 0.160 e. The number of nitrogens with zero attached hydrogens (tertiary/aromatic N) is 2. The van der Waals surface area contributed by atoms with Crippen molar-refractivity contribution in [2.75, 3.05) is 0 Å². The molecule has 0 fully saturated rings. The molecule has 3 heteroatoms. The van der Waals surface area contributed by atoms with Crippen molar-refractivity contribution in [3.8, 4) is 56.5 Å². The fraction of sp³-hybridized carbons (Fsp3) is 0.0638. The van der Waals surface area contributed by atoms with Crippen LogP contribution in [-0.4, -0.2) is 9.97 Å². The van der Waals surface area contributed by atoms with Crippen molar-refractivity contribution in [3.05, 3.63) is 191 Å². The maximum Gasteiger partial charge on any atom is 0.160 e. The van der Waals surface area contributed by atoms with Crippen LogP contribution in [0.3, 0.4) is 0 Å². The van der Waals surface area contributed by atoms with E-state index in [4.69, 9.17) is 14.7 Å². The van der Waals surface area contributed by atoms with E-state index in [9.17, 15) is 0 Å². The van der Waals surface area contributed by atoms with Crippen LogP contribution in [0, 0.1) is 13.8 Å². The SMILES string of the molecule is Cc1ccc(-c2cc(-c3ccc(C)cc3)nc(-c3ccc4c(c3)Oc3c(ccc5ccccc35)C43c4ccccc4-c4ccccc43)n2)cc1. The number of rotatable bonds is 3. The second-order valence-corrected chi connectivity index (χ2v) is 13.5. The lowest BCUT2D eigenvalue weighted by Gasteiger charge is -2.40. The highest BCUT2D eigenvalue weighted by Crippen LogP contribution is 2.63. The van der Waals surface area contributed by atoms with E-state index in [1.807, 2.05) is 0 Å². The number of ether oxygens (including phenoxy) is 1. The molecule has 236 valence electrons. The summed E-state index contributed by atoms with van der Waals surface area (Å²) >= 11 is 0. The molecule has 0 unspecified atom stereocenters. The molecule has 10 rings (SSSR count). The summed E-state index contributed by atoms with van der Waals surface area (Å²) in [6.45, 7) is 4.21. The predicted molar refractivity (Wildman–Crippen MR) is 203 cm³/mol. The van der Waals surface area contributed by atoms with Crippen LogP contribution in [0.4, 0.5) is 0 Å². The largest absolute Gasteiger partial charge is 0.456 e. The number of hydrogen-bond donors (Lipinski definition) is 0. The Kier molecular flexibility index (Phi) is 6.22. The van der Waals surface area contributed by atoms with Crippen LogP contribution in [0.25, 0.3) is 55.8 Å². The van der Waals surface area contributed by atoms with E-state index in [2.05, 4.69) is 172 Å². The monoisotopic (exact) mass is 640 g/mol. The van der Waals surface area contributed by atoms with Gasteiger partial charge in [0, 0.05) is 33.2 Å². The number of fused-ring (bicyclic) bond motifs is 11. The van der Waals surface area contributed by atoms with Crippen molar-refractivity contribution in [1.82, 2.24) is 9.97 Å². The van der Waals surface area contributed by atoms with Crippen molar-refractivity contribution >= 4 is 10.8 Å². The molecule has 0 N–H and O–H groups in total. The van der Waals surface area contributed by atoms with Gasteiger partial charge < -0.3 is 4.74 Å². The minimum atomic E-state index is -0.545. The summed E-state index contributed by atoms with van der Waals surface area (Å²) in [6, 6.07) is 56.5. The Balaban J connectivity index is 1.23. The van der Waals surface area contributed by atoms with Gasteiger partial charge in [-0.05, 0) is 53.6 Å². The van der Waals surface area contributed by atoms with E-state index in [1.54, 1.807) is 0 Å². The highest BCUT2D eigenvalue weighted by Gasteiger charge is 2.51. The topological polar surface area (TPSA) is 35.0 Å². The molecule has 1 aliphatic carbocycles. The van der Waals surface area contributed by atoms with E-state index in [1.165, 1.54) is 33.4 Å². The van der Waals surface area contributed by atoms with Crippen LogP contribution < -0.4 is 4.74 Å². The molecular weight excluding hydrogens is 609 g/mol. The Bertz CT molecular complexity index is 2530. The Labute approximate surface area is 291 Å². The normalized spacial score (nSPS) is 13.3. The van der Waals surface area contributed by atoms with Crippen LogP contribution in [0.2, 0.25) is 0 Å². The lowest BCUT2D eigenvalue weighted by atomic mass is 9.65. The van der Waals surface area contributed by atoms with E-state index in [0.29, 0.717) is 5.82 Å². The fourth-order valence-electron chi connectivity index (χ4n) is 8.10. The van der Waals surface area contributed by atoms with E-state index in [-0.39, 0.29) is 0 Å². The van der Waals surface area contributed by atoms with Gasteiger partial charge in [-0.1, -0.05) is 157 Å². The van der Waals surface area contributed by atoms with Gasteiger partial charge in [0.15, 0.2) is 5.82 Å². The Hall–Kier alpha value is -6.32. The molecule has 0 radical (unpaired) electrons. The van der Waals surface area contributed by atoms with E-state index >= 15 is 0 Å². The number of aromatic nitrogens is 2. The van der Waals surface area contributed by atoms with Crippen molar-refractivity contribution in [1.29, 1.82) is 0 Å². The highest BCUT2D eigenvalue weighted by molar-refractivity contribution is 5.96. The van der Waals surface area contributed by atoms with Crippen molar-refractivity contribution in [2.45, 2.75) is 19.3 Å². The first-order valence-electron chi connectivity index (χ1n) is 17.2.